The highest BCUT2D eigenvalue weighted by Crippen LogP contribution is 2.13. The minimum absolute atomic E-state index is 0.0241. The number of anilines is 1. The Balaban J connectivity index is 2.23. The van der Waals surface area contributed by atoms with Crippen molar-refractivity contribution in [1.29, 1.82) is 0 Å². The molecular formula is C12H17ClN2OS. The lowest BCUT2D eigenvalue weighted by molar-refractivity contribution is -0.113. The van der Waals surface area contributed by atoms with Crippen LogP contribution in [0.2, 0.25) is 5.02 Å². The highest BCUT2D eigenvalue weighted by atomic mass is 35.5. The van der Waals surface area contributed by atoms with Gasteiger partial charge in [-0.2, -0.15) is 11.8 Å². The standard InChI is InChI=1S/C12H17ClN2OS/c1-15(2)7-8-17-9-12(16)14-11-5-3-10(13)4-6-11/h3-6H,7-9H2,1-2H3,(H,14,16). The van der Waals surface area contributed by atoms with E-state index in [-0.39, 0.29) is 5.91 Å². The number of halogens is 1. The average molecular weight is 273 g/mol. The van der Waals surface area contributed by atoms with Crippen molar-refractivity contribution < 1.29 is 4.79 Å². The predicted molar refractivity (Wildman–Crippen MR) is 76.0 cm³/mol. The van der Waals surface area contributed by atoms with Gasteiger partial charge in [-0.1, -0.05) is 11.6 Å². The zero-order chi connectivity index (χ0) is 12.7. The Kier molecular flexibility index (Phi) is 6.40. The fourth-order valence-corrected chi connectivity index (χ4v) is 2.16. The molecule has 1 rings (SSSR count). The molecule has 0 saturated carbocycles. The van der Waals surface area contributed by atoms with E-state index in [1.165, 1.54) is 0 Å². The van der Waals surface area contributed by atoms with Crippen LogP contribution in [0.3, 0.4) is 0 Å². The van der Waals surface area contributed by atoms with Crippen LogP contribution in [-0.2, 0) is 4.79 Å². The van der Waals surface area contributed by atoms with Gasteiger partial charge in [0.05, 0.1) is 5.75 Å². The molecule has 1 aromatic carbocycles. The maximum atomic E-state index is 11.6. The normalized spacial score (nSPS) is 10.6. The number of nitrogens with one attached hydrogen (secondary N) is 1. The second-order valence-corrected chi connectivity index (χ2v) is 5.45. The SMILES string of the molecule is CN(C)CCSCC(=O)Nc1ccc(Cl)cc1. The Morgan fingerprint density at radius 3 is 2.59 bits per heavy atom. The van der Waals surface area contributed by atoms with Gasteiger partial charge in [-0.05, 0) is 38.4 Å². The zero-order valence-electron chi connectivity index (χ0n) is 10.1. The Hall–Kier alpha value is -0.710. The zero-order valence-corrected chi connectivity index (χ0v) is 11.6. The van der Waals surface area contributed by atoms with E-state index in [9.17, 15) is 4.79 Å². The number of rotatable bonds is 6. The number of amides is 1. The van der Waals surface area contributed by atoms with Crippen molar-refractivity contribution in [2.24, 2.45) is 0 Å². The molecule has 0 saturated heterocycles. The average Bonchev–Trinajstić information content (AvgIpc) is 2.27. The summed E-state index contributed by atoms with van der Waals surface area (Å²) in [4.78, 5) is 13.7. The summed E-state index contributed by atoms with van der Waals surface area (Å²) in [6, 6.07) is 7.11. The summed E-state index contributed by atoms with van der Waals surface area (Å²) in [5, 5.41) is 3.50. The second kappa shape index (κ2) is 7.58. The lowest BCUT2D eigenvalue weighted by atomic mass is 10.3. The van der Waals surface area contributed by atoms with Crippen molar-refractivity contribution >= 4 is 35.0 Å². The van der Waals surface area contributed by atoms with E-state index in [1.54, 1.807) is 36.0 Å². The van der Waals surface area contributed by atoms with Gasteiger partial charge < -0.3 is 10.2 Å². The molecule has 5 heteroatoms. The minimum Gasteiger partial charge on any atom is -0.325 e. The number of carbonyl (C=O) groups is 1. The molecule has 1 aromatic rings. The number of hydrogen-bond donors (Lipinski definition) is 1. The molecule has 0 aromatic heterocycles. The largest absolute Gasteiger partial charge is 0.325 e. The molecule has 0 heterocycles. The fourth-order valence-electron chi connectivity index (χ4n) is 1.14. The summed E-state index contributed by atoms with van der Waals surface area (Å²) in [7, 11) is 4.04. The maximum Gasteiger partial charge on any atom is 0.234 e. The van der Waals surface area contributed by atoms with E-state index in [0.29, 0.717) is 10.8 Å². The Labute approximate surface area is 112 Å². The van der Waals surface area contributed by atoms with Crippen LogP contribution < -0.4 is 5.32 Å². The third kappa shape index (κ3) is 6.56. The molecule has 0 bridgehead atoms. The van der Waals surface area contributed by atoms with Gasteiger partial charge in [0.25, 0.3) is 0 Å². The number of thioether (sulfide) groups is 1. The van der Waals surface area contributed by atoms with Crippen LogP contribution in [0, 0.1) is 0 Å². The van der Waals surface area contributed by atoms with Crippen LogP contribution in [0.15, 0.2) is 24.3 Å². The van der Waals surface area contributed by atoms with Gasteiger partial charge >= 0.3 is 0 Å². The van der Waals surface area contributed by atoms with Gasteiger partial charge in [-0.3, -0.25) is 4.79 Å². The summed E-state index contributed by atoms with van der Waals surface area (Å²) in [5.41, 5.74) is 0.785. The van der Waals surface area contributed by atoms with Crippen molar-refractivity contribution in [2.75, 3.05) is 37.5 Å². The van der Waals surface area contributed by atoms with Crippen LogP contribution in [0.1, 0.15) is 0 Å². The van der Waals surface area contributed by atoms with E-state index in [1.807, 2.05) is 14.1 Å². The molecule has 0 spiro atoms. The lowest BCUT2D eigenvalue weighted by Gasteiger charge is -2.09. The van der Waals surface area contributed by atoms with Crippen LogP contribution in [0.25, 0.3) is 0 Å². The van der Waals surface area contributed by atoms with Gasteiger partial charge in [-0.15, -0.1) is 0 Å². The van der Waals surface area contributed by atoms with Crippen molar-refractivity contribution in [3.63, 3.8) is 0 Å². The molecule has 3 nitrogen and oxygen atoms in total. The second-order valence-electron chi connectivity index (χ2n) is 3.91. The molecule has 0 radical (unpaired) electrons. The van der Waals surface area contributed by atoms with Crippen molar-refractivity contribution in [3.05, 3.63) is 29.3 Å². The van der Waals surface area contributed by atoms with Gasteiger partial charge in [-0.25, -0.2) is 0 Å². The smallest absolute Gasteiger partial charge is 0.234 e. The highest BCUT2D eigenvalue weighted by molar-refractivity contribution is 7.99. The lowest BCUT2D eigenvalue weighted by Crippen LogP contribution is -2.18. The molecule has 0 fully saturated rings. The molecule has 1 N–H and O–H groups in total. The molecule has 1 amide bonds. The molecule has 0 unspecified atom stereocenters. The number of benzene rings is 1. The van der Waals surface area contributed by atoms with E-state index >= 15 is 0 Å². The quantitative estimate of drug-likeness (QED) is 0.808. The Morgan fingerprint density at radius 1 is 1.35 bits per heavy atom. The molecule has 17 heavy (non-hydrogen) atoms. The first-order chi connectivity index (χ1) is 8.08. The highest BCUT2D eigenvalue weighted by Gasteiger charge is 2.02. The molecule has 0 aliphatic rings. The van der Waals surface area contributed by atoms with Gasteiger partial charge in [0.2, 0.25) is 5.91 Å². The Morgan fingerprint density at radius 2 is 2.00 bits per heavy atom. The van der Waals surface area contributed by atoms with E-state index in [0.717, 1.165) is 18.0 Å². The summed E-state index contributed by atoms with van der Waals surface area (Å²) >= 11 is 7.39. The fraction of sp³-hybridized carbons (Fsp3) is 0.417. The van der Waals surface area contributed by atoms with E-state index in [4.69, 9.17) is 11.6 Å². The predicted octanol–water partition coefficient (Wildman–Crippen LogP) is 2.57. The number of nitrogens with zero attached hydrogens (tertiary/aromatic N) is 1. The minimum atomic E-state index is 0.0241. The molecule has 94 valence electrons. The first kappa shape index (κ1) is 14.4. The van der Waals surface area contributed by atoms with Crippen LogP contribution in [-0.4, -0.2) is 43.0 Å². The molecule has 0 aliphatic heterocycles. The molecular weight excluding hydrogens is 256 g/mol. The first-order valence-electron chi connectivity index (χ1n) is 5.36. The monoisotopic (exact) mass is 272 g/mol. The summed E-state index contributed by atoms with van der Waals surface area (Å²) in [6.07, 6.45) is 0. The maximum absolute atomic E-state index is 11.6. The summed E-state index contributed by atoms with van der Waals surface area (Å²) in [5.74, 6) is 1.47. The molecule has 0 aliphatic carbocycles. The topological polar surface area (TPSA) is 32.3 Å². The van der Waals surface area contributed by atoms with Crippen LogP contribution in [0.4, 0.5) is 5.69 Å². The third-order valence-electron chi connectivity index (χ3n) is 2.04. The van der Waals surface area contributed by atoms with E-state index in [2.05, 4.69) is 10.2 Å². The first-order valence-corrected chi connectivity index (χ1v) is 6.89. The van der Waals surface area contributed by atoms with Gasteiger partial charge in [0.1, 0.15) is 0 Å². The van der Waals surface area contributed by atoms with Crippen LogP contribution in [0.5, 0.6) is 0 Å². The van der Waals surface area contributed by atoms with Gasteiger partial charge in [0.15, 0.2) is 0 Å². The molecule has 0 atom stereocenters. The number of hydrogen-bond acceptors (Lipinski definition) is 3. The Bertz CT molecular complexity index is 354. The third-order valence-corrected chi connectivity index (χ3v) is 3.23. The van der Waals surface area contributed by atoms with Crippen molar-refractivity contribution in [2.45, 2.75) is 0 Å². The summed E-state index contributed by atoms with van der Waals surface area (Å²) in [6.45, 7) is 0.985. The van der Waals surface area contributed by atoms with Gasteiger partial charge in [0, 0.05) is 23.0 Å². The number of carbonyl (C=O) groups excluding carboxylic acids is 1. The van der Waals surface area contributed by atoms with Crippen LogP contribution >= 0.6 is 23.4 Å². The van der Waals surface area contributed by atoms with Crippen molar-refractivity contribution in [3.8, 4) is 0 Å². The van der Waals surface area contributed by atoms with E-state index < -0.39 is 0 Å². The summed E-state index contributed by atoms with van der Waals surface area (Å²) < 4.78 is 0. The van der Waals surface area contributed by atoms with Crippen molar-refractivity contribution in [1.82, 2.24) is 4.90 Å².